The lowest BCUT2D eigenvalue weighted by Crippen LogP contribution is -1.97. The molecule has 0 spiro atoms. The molecule has 0 amide bonds. The van der Waals surface area contributed by atoms with Gasteiger partial charge in [0.2, 0.25) is 0 Å². The van der Waals surface area contributed by atoms with Crippen LogP contribution in [-0.2, 0) is 6.61 Å². The summed E-state index contributed by atoms with van der Waals surface area (Å²) in [5, 5.41) is 11.3. The molecule has 0 aliphatic heterocycles. The number of nitrogens with zero attached hydrogens (tertiary/aromatic N) is 2. The number of fused-ring (bicyclic) bond motifs is 1. The van der Waals surface area contributed by atoms with Crippen LogP contribution in [0.5, 0.6) is 5.75 Å². The van der Waals surface area contributed by atoms with Crippen LogP contribution >= 0.6 is 11.6 Å². The summed E-state index contributed by atoms with van der Waals surface area (Å²) < 4.78 is 5.77. The van der Waals surface area contributed by atoms with Crippen LogP contribution in [0.3, 0.4) is 0 Å². The predicted molar refractivity (Wildman–Crippen MR) is 82.2 cm³/mol. The summed E-state index contributed by atoms with van der Waals surface area (Å²) in [5.74, 6) is 0.517. The number of ether oxygens (including phenoxy) is 1. The van der Waals surface area contributed by atoms with Crippen molar-refractivity contribution in [3.63, 3.8) is 0 Å². The smallest absolute Gasteiger partial charge is 0.138 e. The Morgan fingerprint density at radius 3 is 2.71 bits per heavy atom. The van der Waals surface area contributed by atoms with Gasteiger partial charge in [-0.15, -0.1) is 0 Å². The molecule has 0 saturated carbocycles. The number of nitriles is 1. The minimum Gasteiger partial charge on any atom is -0.487 e. The molecule has 0 aliphatic rings. The number of aromatic nitrogens is 1. The van der Waals surface area contributed by atoms with Crippen LogP contribution in [0.1, 0.15) is 11.1 Å². The summed E-state index contributed by atoms with van der Waals surface area (Å²) in [4.78, 5) is 4.05. The van der Waals surface area contributed by atoms with Crippen molar-refractivity contribution in [3.05, 3.63) is 71.0 Å². The SMILES string of the molecule is N#Cc1cc2ccnc(Cl)c2cc1OCc1ccccc1. The van der Waals surface area contributed by atoms with Crippen molar-refractivity contribution in [2.24, 2.45) is 0 Å². The van der Waals surface area contributed by atoms with E-state index < -0.39 is 0 Å². The molecule has 1 heterocycles. The normalized spacial score (nSPS) is 10.3. The van der Waals surface area contributed by atoms with Crippen molar-refractivity contribution in [1.82, 2.24) is 4.98 Å². The number of halogens is 1. The first-order chi connectivity index (χ1) is 10.3. The number of pyridine rings is 1. The van der Waals surface area contributed by atoms with Crippen LogP contribution < -0.4 is 4.74 Å². The van der Waals surface area contributed by atoms with Crippen molar-refractivity contribution < 1.29 is 4.74 Å². The summed E-state index contributed by atoms with van der Waals surface area (Å²) in [5.41, 5.74) is 1.53. The summed E-state index contributed by atoms with van der Waals surface area (Å²) >= 11 is 6.09. The van der Waals surface area contributed by atoms with Gasteiger partial charge < -0.3 is 4.74 Å². The largest absolute Gasteiger partial charge is 0.487 e. The molecule has 0 bridgehead atoms. The summed E-state index contributed by atoms with van der Waals surface area (Å²) in [6.45, 7) is 0.402. The minimum absolute atomic E-state index is 0.402. The number of rotatable bonds is 3. The third-order valence-electron chi connectivity index (χ3n) is 3.17. The van der Waals surface area contributed by atoms with E-state index in [0.29, 0.717) is 23.1 Å². The van der Waals surface area contributed by atoms with Gasteiger partial charge in [-0.2, -0.15) is 5.26 Å². The Balaban J connectivity index is 1.97. The highest BCUT2D eigenvalue weighted by molar-refractivity contribution is 6.34. The average Bonchev–Trinajstić information content (AvgIpc) is 2.53. The van der Waals surface area contributed by atoms with Gasteiger partial charge in [0.25, 0.3) is 0 Å². The molecule has 3 rings (SSSR count). The molecule has 0 unspecified atom stereocenters. The topological polar surface area (TPSA) is 45.9 Å². The molecule has 0 atom stereocenters. The first-order valence-electron chi connectivity index (χ1n) is 6.43. The molecule has 21 heavy (non-hydrogen) atoms. The lowest BCUT2D eigenvalue weighted by molar-refractivity contribution is 0.306. The van der Waals surface area contributed by atoms with Crippen LogP contribution in [0.4, 0.5) is 0 Å². The maximum Gasteiger partial charge on any atom is 0.138 e. The summed E-state index contributed by atoms with van der Waals surface area (Å²) in [6.07, 6.45) is 1.62. The van der Waals surface area contributed by atoms with Crippen molar-refractivity contribution in [2.45, 2.75) is 6.61 Å². The molecule has 102 valence electrons. The lowest BCUT2D eigenvalue weighted by Gasteiger charge is -2.10. The van der Waals surface area contributed by atoms with Crippen molar-refractivity contribution in [2.75, 3.05) is 0 Å². The van der Waals surface area contributed by atoms with Gasteiger partial charge in [0.15, 0.2) is 0 Å². The highest BCUT2D eigenvalue weighted by Gasteiger charge is 2.09. The molecule has 3 aromatic rings. The van der Waals surface area contributed by atoms with Crippen LogP contribution in [0, 0.1) is 11.3 Å². The van der Waals surface area contributed by atoms with Crippen LogP contribution in [0.25, 0.3) is 10.8 Å². The monoisotopic (exact) mass is 294 g/mol. The fourth-order valence-electron chi connectivity index (χ4n) is 2.11. The van der Waals surface area contributed by atoms with Crippen molar-refractivity contribution in [3.8, 4) is 11.8 Å². The molecule has 3 nitrogen and oxygen atoms in total. The molecule has 0 aliphatic carbocycles. The summed E-state index contributed by atoms with van der Waals surface area (Å²) in [7, 11) is 0. The van der Waals surface area contributed by atoms with Gasteiger partial charge in [-0.05, 0) is 29.1 Å². The first kappa shape index (κ1) is 13.4. The molecule has 0 N–H and O–H groups in total. The van der Waals surface area contributed by atoms with E-state index in [4.69, 9.17) is 16.3 Å². The average molecular weight is 295 g/mol. The quantitative estimate of drug-likeness (QED) is 0.675. The molecule has 0 fully saturated rings. The third-order valence-corrected chi connectivity index (χ3v) is 3.47. The molecular weight excluding hydrogens is 284 g/mol. The Morgan fingerprint density at radius 2 is 1.95 bits per heavy atom. The standard InChI is InChI=1S/C17H11ClN2O/c18-17-15-9-16(21-11-12-4-2-1-3-5-12)14(10-19)8-13(15)6-7-20-17/h1-9H,11H2. The Hall–Kier alpha value is -2.57. The van der Waals surface area contributed by atoms with Crippen LogP contribution in [0.15, 0.2) is 54.7 Å². The highest BCUT2D eigenvalue weighted by Crippen LogP contribution is 2.29. The minimum atomic E-state index is 0.402. The van der Waals surface area contributed by atoms with Crippen LogP contribution in [-0.4, -0.2) is 4.98 Å². The zero-order chi connectivity index (χ0) is 14.7. The van der Waals surface area contributed by atoms with Gasteiger partial charge in [0, 0.05) is 11.6 Å². The maximum absolute atomic E-state index is 9.27. The van der Waals surface area contributed by atoms with Crippen molar-refractivity contribution in [1.29, 1.82) is 5.26 Å². The van der Waals surface area contributed by atoms with E-state index in [-0.39, 0.29) is 0 Å². The Morgan fingerprint density at radius 1 is 1.14 bits per heavy atom. The second-order valence-electron chi connectivity index (χ2n) is 4.56. The summed E-state index contributed by atoms with van der Waals surface area (Å²) in [6, 6.07) is 17.3. The second kappa shape index (κ2) is 5.82. The van der Waals surface area contributed by atoms with Gasteiger partial charge in [0.05, 0.1) is 5.56 Å². The molecule has 0 radical (unpaired) electrons. The zero-order valence-corrected chi connectivity index (χ0v) is 11.8. The van der Waals surface area contributed by atoms with Crippen LogP contribution in [0.2, 0.25) is 5.15 Å². The number of hydrogen-bond donors (Lipinski definition) is 0. The van der Waals surface area contributed by atoms with E-state index in [1.165, 1.54) is 0 Å². The predicted octanol–water partition coefficient (Wildman–Crippen LogP) is 4.34. The molecule has 1 aromatic heterocycles. The lowest BCUT2D eigenvalue weighted by atomic mass is 10.1. The number of benzene rings is 2. The Bertz CT molecular complexity index is 825. The van der Waals surface area contributed by atoms with E-state index in [1.807, 2.05) is 36.4 Å². The molecule has 2 aromatic carbocycles. The Kier molecular flexibility index (Phi) is 3.72. The highest BCUT2D eigenvalue weighted by atomic mass is 35.5. The van der Waals surface area contributed by atoms with E-state index in [1.54, 1.807) is 18.3 Å². The molecular formula is C17H11ClN2O. The fraction of sp³-hybridized carbons (Fsp3) is 0.0588. The zero-order valence-electron chi connectivity index (χ0n) is 11.1. The van der Waals surface area contributed by atoms with E-state index >= 15 is 0 Å². The van der Waals surface area contributed by atoms with E-state index in [0.717, 1.165) is 16.3 Å². The fourth-order valence-corrected chi connectivity index (χ4v) is 2.33. The maximum atomic E-state index is 9.27. The second-order valence-corrected chi connectivity index (χ2v) is 4.92. The third kappa shape index (κ3) is 2.81. The van der Waals surface area contributed by atoms with Crippen molar-refractivity contribution >= 4 is 22.4 Å². The van der Waals surface area contributed by atoms with Gasteiger partial charge in [-0.25, -0.2) is 4.98 Å². The van der Waals surface area contributed by atoms with E-state index in [2.05, 4.69) is 11.1 Å². The van der Waals surface area contributed by atoms with E-state index in [9.17, 15) is 5.26 Å². The van der Waals surface area contributed by atoms with Gasteiger partial charge in [-0.3, -0.25) is 0 Å². The Labute approximate surface area is 127 Å². The van der Waals surface area contributed by atoms with Gasteiger partial charge >= 0.3 is 0 Å². The molecule has 4 heteroatoms. The number of hydrogen-bond acceptors (Lipinski definition) is 3. The first-order valence-corrected chi connectivity index (χ1v) is 6.81. The molecule has 0 saturated heterocycles. The van der Waals surface area contributed by atoms with Gasteiger partial charge in [-0.1, -0.05) is 41.9 Å². The van der Waals surface area contributed by atoms with Gasteiger partial charge in [0.1, 0.15) is 23.6 Å².